The summed E-state index contributed by atoms with van der Waals surface area (Å²) in [6.45, 7) is 16.1. The number of alkyl halides is 3. The molecule has 1 heterocycles. The maximum Gasteiger partial charge on any atom is 0.490 e. The molecule has 1 aromatic rings. The van der Waals surface area contributed by atoms with E-state index in [0.717, 1.165) is 6.92 Å². The number of hydrogen-bond acceptors (Lipinski definition) is 21. The van der Waals surface area contributed by atoms with Gasteiger partial charge in [0, 0.05) is 19.5 Å². The summed E-state index contributed by atoms with van der Waals surface area (Å²) in [5, 5.41) is 77.5. The summed E-state index contributed by atoms with van der Waals surface area (Å²) in [6.07, 6.45) is -14.8. The van der Waals surface area contributed by atoms with Gasteiger partial charge in [-0.1, -0.05) is 92.1 Å². The summed E-state index contributed by atoms with van der Waals surface area (Å²) in [5.74, 6) is -20.3. The number of esters is 1. The molecule has 1 aliphatic rings. The summed E-state index contributed by atoms with van der Waals surface area (Å²) < 4.78 is 42.9. The molecule has 39 heteroatoms. The van der Waals surface area contributed by atoms with Crippen molar-refractivity contribution < 1.29 is 115 Å². The first-order valence-electron chi connectivity index (χ1n) is 32.3. The highest BCUT2D eigenvalue weighted by atomic mass is 19.4. The highest BCUT2D eigenvalue weighted by Crippen LogP contribution is 2.25. The van der Waals surface area contributed by atoms with Crippen molar-refractivity contribution in [3.05, 3.63) is 35.9 Å². The minimum Gasteiger partial charge on any atom is -0.475 e. The van der Waals surface area contributed by atoms with Crippen LogP contribution in [-0.4, -0.2) is 225 Å². The Balaban J connectivity index is 0.00000689. The minimum absolute atomic E-state index is 0.0344. The smallest absolute Gasteiger partial charge is 0.475 e. The number of guanidine groups is 1. The molecule has 0 saturated carbocycles. The molecule has 12 amide bonds. The maximum atomic E-state index is 15.4. The molecule has 14 atom stereocenters. The van der Waals surface area contributed by atoms with Crippen molar-refractivity contribution in [1.82, 2.24) is 58.5 Å². The zero-order valence-corrected chi connectivity index (χ0v) is 58.4. The van der Waals surface area contributed by atoms with Gasteiger partial charge < -0.3 is 111 Å². The first-order valence-corrected chi connectivity index (χ1v) is 32.3. The third kappa shape index (κ3) is 32.6. The number of carboxylic acids is 1. The minimum atomic E-state index is -5.08. The predicted molar refractivity (Wildman–Crippen MR) is 351 cm³/mol. The maximum absolute atomic E-state index is 15.4. The lowest BCUT2D eigenvalue weighted by atomic mass is 9.95. The zero-order chi connectivity index (χ0) is 77.6. The Morgan fingerprint density at radius 2 is 1.24 bits per heavy atom. The van der Waals surface area contributed by atoms with Crippen molar-refractivity contribution >= 4 is 89.0 Å². The highest BCUT2D eigenvalue weighted by molar-refractivity contribution is 6.00. The van der Waals surface area contributed by atoms with Gasteiger partial charge in [-0.25, -0.2) is 14.4 Å². The summed E-state index contributed by atoms with van der Waals surface area (Å²) in [6, 6.07) is -9.96. The van der Waals surface area contributed by atoms with Crippen LogP contribution in [0.2, 0.25) is 0 Å². The zero-order valence-electron chi connectivity index (χ0n) is 58.4. The van der Waals surface area contributed by atoms with E-state index in [0.29, 0.717) is 0 Å². The SMILES string of the molecule is CC[C@H](C)[C@@H]1NC(=O)[C@@H](CCCN=C(N)N)NC(=O)[C@H](CC(C)C)NC(=O)[C@H]([C@H](O)C(C)C)NC(=O)[C@@H](NC(=O)[C@H](CC(C)C)NC(=O)CCNC(=O)OC(C)(C)C)[C@@H](c2ccccc2)OC(=O)[C@H](CO)NC(=O)[C@H]([C@H](O)C(N)=O)NC(=O)CNC(=O)[C@H]([C@H](C)O)NC1=O.O=C(O)C(F)(F)F. The molecule has 0 aromatic heterocycles. The topological polar surface area (TPSA) is 581 Å². The second-order valence-corrected chi connectivity index (χ2v) is 25.9. The van der Waals surface area contributed by atoms with E-state index >= 15 is 4.79 Å². The van der Waals surface area contributed by atoms with Gasteiger partial charge in [-0.3, -0.25) is 57.7 Å². The van der Waals surface area contributed by atoms with Crippen LogP contribution < -0.4 is 75.7 Å². The van der Waals surface area contributed by atoms with Crippen LogP contribution in [0.1, 0.15) is 133 Å². The molecular weight excluding hydrogens is 1350 g/mol. The van der Waals surface area contributed by atoms with Crippen molar-refractivity contribution in [3.63, 3.8) is 0 Å². The second kappa shape index (κ2) is 42.6. The Hall–Kier alpha value is -9.50. The lowest BCUT2D eigenvalue weighted by Gasteiger charge is -2.33. The number of halogens is 3. The normalized spacial score (nSPS) is 23.0. The Labute approximate surface area is 581 Å². The van der Waals surface area contributed by atoms with Crippen molar-refractivity contribution in [1.29, 1.82) is 0 Å². The fourth-order valence-electron chi connectivity index (χ4n) is 9.21. The number of benzene rings is 1. The number of carbonyl (C=O) groups is 14. The number of nitrogens with zero attached hydrogens (tertiary/aromatic N) is 1. The van der Waals surface area contributed by atoms with Crippen LogP contribution in [0.4, 0.5) is 18.0 Å². The largest absolute Gasteiger partial charge is 0.490 e. The molecule has 1 aliphatic heterocycles. The first-order chi connectivity index (χ1) is 46.8. The van der Waals surface area contributed by atoms with Crippen LogP contribution in [0.5, 0.6) is 0 Å². The standard InChI is InChI=1S/C60H99N15O19.C2HF3O2/c1-13-31(8)40-53(87)73-41(32(9)77)52(86)66-26-39(79)71-43(46(81)48(61)82)55(89)70-37(27-76)57(91)93-47(33-18-15-14-16-19-33)44(75-51(85)35(24-28(2)3)67-38(78)21-23-65-59(92)94-60(10,11)12)56(90)74-42(45(80)30(6)7)54(88)69-36(25-29(4)5)50(84)68-34(49(83)72-40)20-17-22-64-58(62)63;3-2(4,5)1(6)7/h14-16,18-19,28-32,34-37,40-47,76-77,80-81H,13,17,20-27H2,1-12H3,(H2,61,82)(H,65,92)(H,66,86)(H,67,78)(H,68,84)(H,69,88)(H,70,89)(H,71,79)(H,72,83)(H,73,87)(H,74,90)(H,75,85)(H4,62,63,64);(H,6,7)/t31-,32-,34+,35-,36-,37-,40-,41-,42-,43-,44-,45+,46-,47+;/m0./s1. The molecule has 0 unspecified atom stereocenters. The molecule has 0 spiro atoms. The van der Waals surface area contributed by atoms with Crippen LogP contribution in [0, 0.1) is 23.7 Å². The number of nitrogens with two attached hydrogens (primary N) is 3. The van der Waals surface area contributed by atoms with Crippen LogP contribution in [0.3, 0.4) is 0 Å². The van der Waals surface area contributed by atoms with E-state index in [1.807, 2.05) is 10.6 Å². The van der Waals surface area contributed by atoms with Crippen LogP contribution in [0.25, 0.3) is 0 Å². The number of alkyl carbamates (subject to hydrolysis) is 1. The van der Waals surface area contributed by atoms with E-state index in [-0.39, 0.29) is 62.6 Å². The van der Waals surface area contributed by atoms with Gasteiger partial charge in [-0.15, -0.1) is 0 Å². The van der Waals surface area contributed by atoms with E-state index in [4.69, 9.17) is 36.6 Å². The van der Waals surface area contributed by atoms with Crippen molar-refractivity contribution in [2.75, 3.05) is 26.2 Å². The lowest BCUT2D eigenvalue weighted by Crippen LogP contribution is -2.64. The molecule has 1 saturated heterocycles. The van der Waals surface area contributed by atoms with Crippen LogP contribution in [-0.2, 0) is 71.8 Å². The molecule has 0 aliphatic carbocycles. The first kappa shape index (κ1) is 89.5. The number of hydrogen-bond donors (Lipinski definition) is 19. The van der Waals surface area contributed by atoms with Gasteiger partial charge in [-0.05, 0) is 82.6 Å². The van der Waals surface area contributed by atoms with Crippen molar-refractivity contribution in [2.24, 2.45) is 45.9 Å². The monoisotopic (exact) mass is 1450 g/mol. The summed E-state index contributed by atoms with van der Waals surface area (Å²) in [7, 11) is 0. The summed E-state index contributed by atoms with van der Waals surface area (Å²) in [4.78, 5) is 195. The van der Waals surface area contributed by atoms with Gasteiger partial charge >= 0.3 is 24.2 Å². The Kier molecular flexibility index (Phi) is 37.7. The molecule has 101 heavy (non-hydrogen) atoms. The van der Waals surface area contributed by atoms with E-state index in [2.05, 4.69) is 52.8 Å². The van der Waals surface area contributed by atoms with Gasteiger partial charge in [0.05, 0.1) is 25.4 Å². The molecule has 2 rings (SSSR count). The number of aliphatic hydroxyl groups is 4. The Bertz CT molecular complexity index is 3020. The van der Waals surface area contributed by atoms with E-state index in [1.165, 1.54) is 44.2 Å². The molecule has 1 aromatic carbocycles. The number of aliphatic carboxylic acids is 1. The number of ether oxygens (including phenoxy) is 2. The number of amides is 12. The quantitative estimate of drug-likeness (QED) is 0.0213. The molecule has 1 fully saturated rings. The Morgan fingerprint density at radius 1 is 0.703 bits per heavy atom. The van der Waals surface area contributed by atoms with Crippen molar-refractivity contribution in [2.45, 2.75) is 212 Å². The number of nitrogens with one attached hydrogen (secondary N) is 11. The van der Waals surface area contributed by atoms with E-state index in [9.17, 15) is 91.1 Å². The third-order valence-corrected chi connectivity index (χ3v) is 14.7. The molecule has 22 N–H and O–H groups in total. The third-order valence-electron chi connectivity index (χ3n) is 14.7. The van der Waals surface area contributed by atoms with Gasteiger partial charge in [0.25, 0.3) is 0 Å². The molecule has 0 radical (unpaired) electrons. The number of aliphatic imine (C=N–C) groups is 1. The predicted octanol–water partition coefficient (Wildman–Crippen LogP) is -4.26. The second-order valence-electron chi connectivity index (χ2n) is 25.9. The molecule has 570 valence electrons. The average molecular weight is 1450 g/mol. The van der Waals surface area contributed by atoms with Gasteiger partial charge in [0.1, 0.15) is 53.9 Å². The van der Waals surface area contributed by atoms with E-state index < -0.39 is 211 Å². The molecule has 0 bridgehead atoms. The number of aliphatic hydroxyl groups excluding tert-OH is 4. The van der Waals surface area contributed by atoms with E-state index in [1.54, 1.807) is 62.3 Å². The number of primary amides is 1. The molecule has 36 nitrogen and oxygen atoms in total. The van der Waals surface area contributed by atoms with Crippen LogP contribution in [0.15, 0.2) is 35.3 Å². The summed E-state index contributed by atoms with van der Waals surface area (Å²) in [5.41, 5.74) is 15.5. The lowest BCUT2D eigenvalue weighted by molar-refractivity contribution is -0.192. The number of carboxylic acid groups (broad SMARTS) is 1. The van der Waals surface area contributed by atoms with Gasteiger partial charge in [0.2, 0.25) is 65.0 Å². The molecular formula is C62H100F3N15O21. The van der Waals surface area contributed by atoms with Gasteiger partial charge in [0.15, 0.2) is 24.2 Å². The number of carbonyl (C=O) groups excluding carboxylic acids is 13. The fourth-order valence-corrected chi connectivity index (χ4v) is 9.21. The van der Waals surface area contributed by atoms with Crippen LogP contribution >= 0.6 is 0 Å². The average Bonchev–Trinajstić information content (AvgIpc) is 0.813. The fraction of sp³-hybridized carbons (Fsp3) is 0.661. The summed E-state index contributed by atoms with van der Waals surface area (Å²) >= 11 is 0. The van der Waals surface area contributed by atoms with Gasteiger partial charge in [-0.2, -0.15) is 13.2 Å². The van der Waals surface area contributed by atoms with Crippen molar-refractivity contribution in [3.8, 4) is 0 Å². The Morgan fingerprint density at radius 3 is 1.74 bits per heavy atom. The number of rotatable bonds is 23. The number of cyclic esters (lactones) is 1. The highest BCUT2D eigenvalue weighted by Gasteiger charge is 2.44.